The van der Waals surface area contributed by atoms with Crippen molar-refractivity contribution >= 4 is 5.91 Å². The van der Waals surface area contributed by atoms with Crippen LogP contribution in [-0.4, -0.2) is 56.9 Å². The van der Waals surface area contributed by atoms with Gasteiger partial charge in [0.15, 0.2) is 0 Å². The summed E-state index contributed by atoms with van der Waals surface area (Å²) < 4.78 is 29.0. The smallest absolute Gasteiger partial charge is 0.270 e. The number of rotatable bonds is 7. The molecule has 0 atom stereocenters. The first-order valence-corrected chi connectivity index (χ1v) is 14.2. The predicted molar refractivity (Wildman–Crippen MR) is 152 cm³/mol. The zero-order valence-electron chi connectivity index (χ0n) is 23.5. The largest absolute Gasteiger partial charge is 0.381 e. The fourth-order valence-electron chi connectivity index (χ4n) is 5.82. The maximum atomic E-state index is 14.2. The summed E-state index contributed by atoms with van der Waals surface area (Å²) in [5.74, 6) is -0.304. The Hall–Kier alpha value is -4.22. The Labute approximate surface area is 242 Å². The summed E-state index contributed by atoms with van der Waals surface area (Å²) in [6.07, 6.45) is 3.83. The van der Waals surface area contributed by atoms with Crippen molar-refractivity contribution < 1.29 is 18.7 Å². The molecule has 1 amide bonds. The number of hydrogen-bond acceptors (Lipinski definition) is 7. The van der Waals surface area contributed by atoms with Gasteiger partial charge in [-0.05, 0) is 55.9 Å². The van der Waals surface area contributed by atoms with Crippen LogP contribution in [0.25, 0.3) is 5.69 Å². The van der Waals surface area contributed by atoms with Crippen molar-refractivity contribution in [3.63, 3.8) is 0 Å². The minimum Gasteiger partial charge on any atom is -0.381 e. The molecule has 0 unspecified atom stereocenters. The van der Waals surface area contributed by atoms with Crippen molar-refractivity contribution in [3.05, 3.63) is 105 Å². The molecule has 0 saturated carbocycles. The van der Waals surface area contributed by atoms with E-state index in [1.54, 1.807) is 16.8 Å². The number of ether oxygens (including phenoxy) is 2. The second-order valence-corrected chi connectivity index (χ2v) is 10.9. The molecular weight excluding hydrogens is 539 g/mol. The van der Waals surface area contributed by atoms with Crippen molar-refractivity contribution in [1.82, 2.24) is 29.9 Å². The molecule has 1 saturated heterocycles. The van der Waals surface area contributed by atoms with Crippen LogP contribution in [-0.2, 0) is 40.8 Å². The number of nitrogens with one attached hydrogen (secondary N) is 1. The van der Waals surface area contributed by atoms with Crippen LogP contribution in [0.4, 0.5) is 4.39 Å². The summed E-state index contributed by atoms with van der Waals surface area (Å²) in [5.41, 5.74) is 2.68. The molecule has 0 radical (unpaired) electrons. The lowest BCUT2D eigenvalue weighted by Gasteiger charge is -2.36. The van der Waals surface area contributed by atoms with E-state index >= 15 is 0 Å². The molecule has 4 aromatic rings. The standard InChI is InChI=1S/C31H33FN6O4/c1-21-18-34-36-38(21)26-17-24(32)9-8-23(26)19-33-28(39)27-25(10-7-22-5-3-2-4-6-22)29(40)37-13-16-42-20-31(30(37)35-27)11-14-41-15-12-31/h2-6,8-9,17-18H,7,10-16,19-20H2,1H3,(H,33,39). The molecule has 1 fully saturated rings. The summed E-state index contributed by atoms with van der Waals surface area (Å²) in [5, 5.41) is 10.9. The van der Waals surface area contributed by atoms with E-state index in [0.29, 0.717) is 81.3 Å². The highest BCUT2D eigenvalue weighted by Gasteiger charge is 2.41. The van der Waals surface area contributed by atoms with Gasteiger partial charge in [0.25, 0.3) is 11.5 Å². The number of fused-ring (bicyclic) bond motifs is 2. The number of nitrogens with zero attached hydrogens (tertiary/aromatic N) is 5. The highest BCUT2D eigenvalue weighted by atomic mass is 19.1. The Kier molecular flexibility index (Phi) is 7.94. The van der Waals surface area contributed by atoms with Gasteiger partial charge in [0.05, 0.1) is 42.8 Å². The van der Waals surface area contributed by atoms with Crippen LogP contribution >= 0.6 is 0 Å². The molecule has 6 rings (SSSR count). The van der Waals surface area contributed by atoms with Gasteiger partial charge in [0.2, 0.25) is 0 Å². The molecule has 10 nitrogen and oxygen atoms in total. The van der Waals surface area contributed by atoms with Gasteiger partial charge in [0, 0.05) is 25.3 Å². The monoisotopic (exact) mass is 572 g/mol. The Morgan fingerprint density at radius 1 is 1.07 bits per heavy atom. The highest BCUT2D eigenvalue weighted by molar-refractivity contribution is 5.93. The van der Waals surface area contributed by atoms with Crippen molar-refractivity contribution in [3.8, 4) is 5.69 Å². The van der Waals surface area contributed by atoms with Crippen LogP contribution in [0.2, 0.25) is 0 Å². The van der Waals surface area contributed by atoms with Crippen LogP contribution in [0.5, 0.6) is 0 Å². The van der Waals surface area contributed by atoms with Crippen molar-refractivity contribution in [2.45, 2.75) is 51.1 Å². The quantitative estimate of drug-likeness (QED) is 0.362. The topological polar surface area (TPSA) is 113 Å². The van der Waals surface area contributed by atoms with Gasteiger partial charge in [-0.3, -0.25) is 14.2 Å². The number of amides is 1. The number of aryl methyl sites for hydroxylation is 2. The molecule has 2 aromatic carbocycles. The van der Waals surface area contributed by atoms with E-state index < -0.39 is 17.1 Å². The molecule has 2 aliphatic rings. The molecule has 11 heteroatoms. The van der Waals surface area contributed by atoms with Crippen LogP contribution in [0.1, 0.15) is 51.5 Å². The molecule has 1 N–H and O–H groups in total. The third-order valence-corrected chi connectivity index (χ3v) is 8.18. The molecule has 2 aliphatic heterocycles. The molecular formula is C31H33FN6O4. The predicted octanol–water partition coefficient (Wildman–Crippen LogP) is 3.07. The van der Waals surface area contributed by atoms with E-state index in [1.165, 1.54) is 16.8 Å². The zero-order valence-corrected chi connectivity index (χ0v) is 23.5. The number of hydrogen-bond donors (Lipinski definition) is 1. The van der Waals surface area contributed by atoms with Crippen LogP contribution in [0.15, 0.2) is 59.5 Å². The molecule has 1 spiro atoms. The first kappa shape index (κ1) is 27.9. The zero-order chi connectivity index (χ0) is 29.1. The third-order valence-electron chi connectivity index (χ3n) is 8.18. The van der Waals surface area contributed by atoms with Gasteiger partial charge < -0.3 is 14.8 Å². The first-order valence-electron chi connectivity index (χ1n) is 14.2. The second kappa shape index (κ2) is 11.9. The van der Waals surface area contributed by atoms with Crippen LogP contribution in [0, 0.1) is 12.7 Å². The highest BCUT2D eigenvalue weighted by Crippen LogP contribution is 2.35. The fourth-order valence-corrected chi connectivity index (χ4v) is 5.82. The Morgan fingerprint density at radius 2 is 1.88 bits per heavy atom. The summed E-state index contributed by atoms with van der Waals surface area (Å²) in [6, 6.07) is 14.2. The van der Waals surface area contributed by atoms with Gasteiger partial charge in [-0.2, -0.15) is 0 Å². The minimum absolute atomic E-state index is 0.0774. The Balaban J connectivity index is 1.38. The first-order chi connectivity index (χ1) is 20.4. The normalized spacial score (nSPS) is 16.1. The third kappa shape index (κ3) is 5.49. The number of carbonyl (C=O) groups excluding carboxylic acids is 1. The molecule has 0 aliphatic carbocycles. The van der Waals surface area contributed by atoms with Crippen molar-refractivity contribution in [2.24, 2.45) is 0 Å². The fraction of sp³-hybridized carbons (Fsp3) is 0.387. The van der Waals surface area contributed by atoms with Crippen molar-refractivity contribution in [1.29, 1.82) is 0 Å². The average Bonchev–Trinajstić information content (AvgIpc) is 3.36. The lowest BCUT2D eigenvalue weighted by atomic mass is 9.79. The second-order valence-electron chi connectivity index (χ2n) is 10.9. The number of aromatic nitrogens is 5. The van der Waals surface area contributed by atoms with Crippen LogP contribution < -0.4 is 10.9 Å². The molecule has 218 valence electrons. The maximum Gasteiger partial charge on any atom is 0.270 e. The number of halogens is 1. The van der Waals surface area contributed by atoms with Crippen molar-refractivity contribution in [2.75, 3.05) is 26.4 Å². The lowest BCUT2D eigenvalue weighted by molar-refractivity contribution is 0.00414. The van der Waals surface area contributed by atoms with E-state index in [0.717, 1.165) is 11.3 Å². The van der Waals surface area contributed by atoms with Gasteiger partial charge in [0.1, 0.15) is 17.3 Å². The SMILES string of the molecule is Cc1cnnn1-c1cc(F)ccc1CNC(=O)c1nc2n(c(=O)c1CCc1ccccc1)CCOCC21CCOCC1. The summed E-state index contributed by atoms with van der Waals surface area (Å²) in [6.45, 7) is 4.15. The van der Waals surface area contributed by atoms with Gasteiger partial charge in [-0.25, -0.2) is 14.1 Å². The summed E-state index contributed by atoms with van der Waals surface area (Å²) >= 11 is 0. The number of carbonyl (C=O) groups is 1. The van der Waals surface area contributed by atoms with Crippen LogP contribution in [0.3, 0.4) is 0 Å². The molecule has 2 aromatic heterocycles. The van der Waals surface area contributed by atoms with E-state index in [1.807, 2.05) is 37.3 Å². The summed E-state index contributed by atoms with van der Waals surface area (Å²) in [4.78, 5) is 32.9. The Morgan fingerprint density at radius 3 is 2.64 bits per heavy atom. The lowest BCUT2D eigenvalue weighted by Crippen LogP contribution is -2.44. The molecule has 0 bridgehead atoms. The van der Waals surface area contributed by atoms with Gasteiger partial charge >= 0.3 is 0 Å². The van der Waals surface area contributed by atoms with E-state index in [9.17, 15) is 14.0 Å². The number of benzene rings is 2. The van der Waals surface area contributed by atoms with E-state index in [2.05, 4.69) is 15.6 Å². The average molecular weight is 573 g/mol. The molecule has 4 heterocycles. The van der Waals surface area contributed by atoms with E-state index in [-0.39, 0.29) is 17.8 Å². The minimum atomic E-state index is -0.504. The maximum absolute atomic E-state index is 14.2. The molecule has 42 heavy (non-hydrogen) atoms. The van der Waals surface area contributed by atoms with E-state index in [4.69, 9.17) is 14.5 Å². The summed E-state index contributed by atoms with van der Waals surface area (Å²) in [7, 11) is 0. The Bertz CT molecular complexity index is 1650. The van der Waals surface area contributed by atoms with Gasteiger partial charge in [-0.1, -0.05) is 41.6 Å². The van der Waals surface area contributed by atoms with Gasteiger partial charge in [-0.15, -0.1) is 5.10 Å².